The van der Waals surface area contributed by atoms with Crippen LogP contribution in [-0.2, 0) is 4.74 Å². The number of hydrogen-bond donors (Lipinski definition) is 0. The highest BCUT2D eigenvalue weighted by Crippen LogP contribution is 2.21. The second-order valence-corrected chi connectivity index (χ2v) is 5.73. The van der Waals surface area contributed by atoms with Gasteiger partial charge in [-0.2, -0.15) is 0 Å². The molecule has 0 spiro atoms. The van der Waals surface area contributed by atoms with E-state index in [-0.39, 0.29) is 6.09 Å². The first kappa shape index (κ1) is 14.6. The standard InChI is InChI=1S/C15H28N2O2/c1-2-19-15(18)17-12-7-4-8-14(17)9-13-16-10-5-3-6-11-16/h14H,2-13H2,1H3. The summed E-state index contributed by atoms with van der Waals surface area (Å²) in [5.41, 5.74) is 0. The van der Waals surface area contributed by atoms with Gasteiger partial charge in [-0.1, -0.05) is 6.42 Å². The van der Waals surface area contributed by atoms with Crippen molar-refractivity contribution < 1.29 is 9.53 Å². The van der Waals surface area contributed by atoms with Gasteiger partial charge >= 0.3 is 6.09 Å². The fourth-order valence-corrected chi connectivity index (χ4v) is 3.26. The highest BCUT2D eigenvalue weighted by molar-refractivity contribution is 5.68. The van der Waals surface area contributed by atoms with Crippen molar-refractivity contribution >= 4 is 6.09 Å². The second kappa shape index (κ2) is 7.73. The van der Waals surface area contributed by atoms with Crippen LogP contribution in [0.1, 0.15) is 51.9 Å². The summed E-state index contributed by atoms with van der Waals surface area (Å²) in [6.07, 6.45) is 8.59. The molecule has 2 saturated heterocycles. The van der Waals surface area contributed by atoms with E-state index in [1.807, 2.05) is 11.8 Å². The first-order valence-electron chi connectivity index (χ1n) is 7.97. The van der Waals surface area contributed by atoms with Crippen LogP contribution in [0.2, 0.25) is 0 Å². The quantitative estimate of drug-likeness (QED) is 0.786. The average molecular weight is 268 g/mol. The van der Waals surface area contributed by atoms with E-state index in [1.54, 1.807) is 0 Å². The van der Waals surface area contributed by atoms with Crippen LogP contribution in [0.5, 0.6) is 0 Å². The number of ether oxygens (including phenoxy) is 1. The summed E-state index contributed by atoms with van der Waals surface area (Å²) < 4.78 is 5.18. The van der Waals surface area contributed by atoms with Crippen molar-refractivity contribution in [2.45, 2.75) is 57.9 Å². The molecule has 19 heavy (non-hydrogen) atoms. The Hall–Kier alpha value is -0.770. The number of rotatable bonds is 4. The van der Waals surface area contributed by atoms with Gasteiger partial charge in [-0.15, -0.1) is 0 Å². The van der Waals surface area contributed by atoms with Gasteiger partial charge in [0.25, 0.3) is 0 Å². The molecule has 2 aliphatic heterocycles. The molecule has 2 aliphatic rings. The summed E-state index contributed by atoms with van der Waals surface area (Å²) in [5, 5.41) is 0. The molecule has 0 bridgehead atoms. The second-order valence-electron chi connectivity index (χ2n) is 5.73. The van der Waals surface area contributed by atoms with Crippen LogP contribution in [-0.4, -0.2) is 54.7 Å². The Kier molecular flexibility index (Phi) is 5.95. The summed E-state index contributed by atoms with van der Waals surface area (Å²) in [6, 6.07) is 0.398. The molecule has 1 atom stereocenters. The van der Waals surface area contributed by atoms with Crippen molar-refractivity contribution in [3.8, 4) is 0 Å². The van der Waals surface area contributed by atoms with E-state index in [0.29, 0.717) is 12.6 Å². The molecule has 1 unspecified atom stereocenters. The minimum absolute atomic E-state index is 0.106. The third kappa shape index (κ3) is 4.37. The zero-order chi connectivity index (χ0) is 13.5. The summed E-state index contributed by atoms with van der Waals surface area (Å²) in [6.45, 7) is 6.86. The molecular formula is C15H28N2O2. The largest absolute Gasteiger partial charge is 0.450 e. The normalized spacial score (nSPS) is 25.3. The molecular weight excluding hydrogens is 240 g/mol. The molecule has 0 aromatic heterocycles. The topological polar surface area (TPSA) is 32.8 Å². The highest BCUT2D eigenvalue weighted by atomic mass is 16.6. The van der Waals surface area contributed by atoms with Crippen molar-refractivity contribution in [3.63, 3.8) is 0 Å². The number of likely N-dealkylation sites (tertiary alicyclic amines) is 2. The molecule has 0 saturated carbocycles. The minimum Gasteiger partial charge on any atom is -0.450 e. The van der Waals surface area contributed by atoms with Crippen LogP contribution < -0.4 is 0 Å². The van der Waals surface area contributed by atoms with Gasteiger partial charge < -0.3 is 14.5 Å². The molecule has 0 radical (unpaired) electrons. The predicted octanol–water partition coefficient (Wildman–Crippen LogP) is 2.87. The van der Waals surface area contributed by atoms with Gasteiger partial charge in [0, 0.05) is 19.1 Å². The fraction of sp³-hybridized carbons (Fsp3) is 0.933. The van der Waals surface area contributed by atoms with Crippen molar-refractivity contribution in [2.75, 3.05) is 32.8 Å². The fourth-order valence-electron chi connectivity index (χ4n) is 3.26. The third-order valence-electron chi connectivity index (χ3n) is 4.36. The lowest BCUT2D eigenvalue weighted by atomic mass is 9.99. The molecule has 2 heterocycles. The van der Waals surface area contributed by atoms with Gasteiger partial charge in [-0.3, -0.25) is 0 Å². The van der Waals surface area contributed by atoms with E-state index in [2.05, 4.69) is 4.90 Å². The maximum atomic E-state index is 11.9. The number of hydrogen-bond acceptors (Lipinski definition) is 3. The lowest BCUT2D eigenvalue weighted by molar-refractivity contribution is 0.0699. The van der Waals surface area contributed by atoms with Gasteiger partial charge in [0.2, 0.25) is 0 Å². The molecule has 0 aromatic rings. The maximum absolute atomic E-state index is 11.9. The molecule has 0 aromatic carbocycles. The SMILES string of the molecule is CCOC(=O)N1CCCCC1CCN1CCCCC1. The molecule has 2 rings (SSSR count). The monoisotopic (exact) mass is 268 g/mol. The zero-order valence-electron chi connectivity index (χ0n) is 12.3. The lowest BCUT2D eigenvalue weighted by Crippen LogP contribution is -2.45. The lowest BCUT2D eigenvalue weighted by Gasteiger charge is -2.36. The van der Waals surface area contributed by atoms with Crippen molar-refractivity contribution in [3.05, 3.63) is 0 Å². The van der Waals surface area contributed by atoms with Gasteiger partial charge in [0.05, 0.1) is 6.61 Å². The van der Waals surface area contributed by atoms with E-state index in [0.717, 1.165) is 32.4 Å². The molecule has 4 heteroatoms. The van der Waals surface area contributed by atoms with Gasteiger partial charge in [0.15, 0.2) is 0 Å². The van der Waals surface area contributed by atoms with Crippen LogP contribution in [0.3, 0.4) is 0 Å². The molecule has 0 aliphatic carbocycles. The van der Waals surface area contributed by atoms with E-state index >= 15 is 0 Å². The molecule has 1 amide bonds. The summed E-state index contributed by atoms with van der Waals surface area (Å²) in [7, 11) is 0. The first-order valence-corrected chi connectivity index (χ1v) is 7.97. The average Bonchev–Trinajstić information content (AvgIpc) is 2.47. The molecule has 0 N–H and O–H groups in total. The van der Waals surface area contributed by atoms with E-state index in [9.17, 15) is 4.79 Å². The van der Waals surface area contributed by atoms with Crippen LogP contribution in [0.15, 0.2) is 0 Å². The van der Waals surface area contributed by atoms with Gasteiger partial charge in [-0.05, 0) is 58.5 Å². The molecule has 2 fully saturated rings. The Bertz CT molecular complexity index is 277. The first-order chi connectivity index (χ1) is 9.31. The summed E-state index contributed by atoms with van der Waals surface area (Å²) in [4.78, 5) is 16.5. The van der Waals surface area contributed by atoms with Gasteiger partial charge in [0.1, 0.15) is 0 Å². The summed E-state index contributed by atoms with van der Waals surface area (Å²) >= 11 is 0. The Morgan fingerprint density at radius 2 is 1.84 bits per heavy atom. The predicted molar refractivity (Wildman–Crippen MR) is 76.3 cm³/mol. The number of nitrogens with zero attached hydrogens (tertiary/aromatic N) is 2. The van der Waals surface area contributed by atoms with Crippen molar-refractivity contribution in [2.24, 2.45) is 0 Å². The summed E-state index contributed by atoms with van der Waals surface area (Å²) in [5.74, 6) is 0. The van der Waals surface area contributed by atoms with E-state index in [1.165, 1.54) is 38.8 Å². The van der Waals surface area contributed by atoms with Crippen LogP contribution in [0.25, 0.3) is 0 Å². The number of amides is 1. The van der Waals surface area contributed by atoms with Gasteiger partial charge in [-0.25, -0.2) is 4.79 Å². The number of carbonyl (C=O) groups is 1. The number of piperidine rings is 2. The Labute approximate surface area is 117 Å². The van der Waals surface area contributed by atoms with E-state index in [4.69, 9.17) is 4.74 Å². The molecule has 4 nitrogen and oxygen atoms in total. The molecule has 110 valence electrons. The highest BCUT2D eigenvalue weighted by Gasteiger charge is 2.27. The third-order valence-corrected chi connectivity index (χ3v) is 4.36. The van der Waals surface area contributed by atoms with Crippen LogP contribution >= 0.6 is 0 Å². The van der Waals surface area contributed by atoms with E-state index < -0.39 is 0 Å². The minimum atomic E-state index is -0.106. The Morgan fingerprint density at radius 1 is 1.11 bits per heavy atom. The van der Waals surface area contributed by atoms with Crippen molar-refractivity contribution in [1.82, 2.24) is 9.80 Å². The smallest absolute Gasteiger partial charge is 0.409 e. The van der Waals surface area contributed by atoms with Crippen LogP contribution in [0.4, 0.5) is 4.79 Å². The maximum Gasteiger partial charge on any atom is 0.409 e. The Morgan fingerprint density at radius 3 is 2.58 bits per heavy atom. The van der Waals surface area contributed by atoms with Crippen molar-refractivity contribution in [1.29, 1.82) is 0 Å². The Balaban J connectivity index is 1.79. The zero-order valence-corrected chi connectivity index (χ0v) is 12.3. The van der Waals surface area contributed by atoms with Crippen LogP contribution in [0, 0.1) is 0 Å². The number of carbonyl (C=O) groups excluding carboxylic acids is 1.